The molecule has 0 aromatic rings. The molecule has 0 fully saturated rings. The Balaban J connectivity index is 0.000000362. The minimum atomic E-state index is -2.25. The molecule has 4 N–H and O–H groups in total. The van der Waals surface area contributed by atoms with Crippen molar-refractivity contribution in [1.82, 2.24) is 0 Å². The molecule has 0 saturated carbocycles. The van der Waals surface area contributed by atoms with Crippen molar-refractivity contribution in [2.24, 2.45) is 11.8 Å². The summed E-state index contributed by atoms with van der Waals surface area (Å²) >= 11 is 0. The summed E-state index contributed by atoms with van der Waals surface area (Å²) in [6.45, 7) is 3.71. The third-order valence-corrected chi connectivity index (χ3v) is 2.62. The molecule has 0 radical (unpaired) electrons. The molecule has 2 atom stereocenters. The SMILES string of the molecule is CCCC(C)C(=O)O.O=C(O)C1C=CC=CC1(O)O. The highest BCUT2D eigenvalue weighted by Crippen LogP contribution is 2.21. The van der Waals surface area contributed by atoms with Crippen LogP contribution in [-0.2, 0) is 9.59 Å². The van der Waals surface area contributed by atoms with E-state index in [1.165, 1.54) is 18.2 Å². The number of aliphatic carboxylic acids is 2. The van der Waals surface area contributed by atoms with Crippen LogP contribution in [0.15, 0.2) is 24.3 Å². The van der Waals surface area contributed by atoms with E-state index in [4.69, 9.17) is 20.4 Å². The quantitative estimate of drug-likeness (QED) is 0.567. The van der Waals surface area contributed by atoms with Gasteiger partial charge in [0.2, 0.25) is 0 Å². The fourth-order valence-electron chi connectivity index (χ4n) is 1.44. The molecule has 0 aliphatic heterocycles. The molecule has 6 nitrogen and oxygen atoms in total. The average Bonchev–Trinajstić information content (AvgIpc) is 2.28. The van der Waals surface area contributed by atoms with Gasteiger partial charge in [-0.1, -0.05) is 38.5 Å². The Morgan fingerprint density at radius 3 is 2.11 bits per heavy atom. The Morgan fingerprint density at radius 1 is 1.26 bits per heavy atom. The molecule has 19 heavy (non-hydrogen) atoms. The van der Waals surface area contributed by atoms with Crippen LogP contribution in [-0.4, -0.2) is 38.2 Å². The highest BCUT2D eigenvalue weighted by atomic mass is 16.5. The van der Waals surface area contributed by atoms with Gasteiger partial charge in [-0.05, 0) is 12.5 Å². The van der Waals surface area contributed by atoms with Crippen molar-refractivity contribution in [3.63, 3.8) is 0 Å². The Morgan fingerprint density at radius 2 is 1.84 bits per heavy atom. The van der Waals surface area contributed by atoms with Crippen molar-refractivity contribution in [3.8, 4) is 0 Å². The molecule has 6 heteroatoms. The summed E-state index contributed by atoms with van der Waals surface area (Å²) in [5, 5.41) is 34.9. The van der Waals surface area contributed by atoms with Gasteiger partial charge in [0.05, 0.1) is 5.92 Å². The summed E-state index contributed by atoms with van der Waals surface area (Å²) in [5.41, 5.74) is 0. The Bertz CT molecular complexity index is 369. The van der Waals surface area contributed by atoms with Crippen LogP contribution >= 0.6 is 0 Å². The molecule has 0 heterocycles. The smallest absolute Gasteiger partial charge is 0.316 e. The van der Waals surface area contributed by atoms with Gasteiger partial charge in [0.1, 0.15) is 5.92 Å². The van der Waals surface area contributed by atoms with Gasteiger partial charge in [-0.15, -0.1) is 0 Å². The summed E-state index contributed by atoms with van der Waals surface area (Å²) in [5.74, 6) is -5.63. The standard InChI is InChI=1S/C7H8O4.C6H12O2/c8-6(9)5-3-1-2-4-7(5,10)11;1-3-4-5(2)6(7)8/h1-5,10-11H,(H,8,9);5H,3-4H2,1-2H3,(H,7,8). The normalized spacial score (nSPS) is 21.2. The van der Waals surface area contributed by atoms with E-state index < -0.39 is 23.6 Å². The summed E-state index contributed by atoms with van der Waals surface area (Å²) in [4.78, 5) is 20.5. The molecule has 1 aliphatic rings. The molecular weight excluding hydrogens is 252 g/mol. The predicted octanol–water partition coefficient (Wildman–Crippen LogP) is 1.00. The fraction of sp³-hybridized carbons (Fsp3) is 0.538. The lowest BCUT2D eigenvalue weighted by atomic mass is 9.94. The van der Waals surface area contributed by atoms with Crippen LogP contribution in [0.1, 0.15) is 26.7 Å². The summed E-state index contributed by atoms with van der Waals surface area (Å²) in [7, 11) is 0. The van der Waals surface area contributed by atoms with Gasteiger partial charge >= 0.3 is 11.9 Å². The number of rotatable bonds is 4. The van der Waals surface area contributed by atoms with Crippen molar-refractivity contribution >= 4 is 11.9 Å². The highest BCUT2D eigenvalue weighted by Gasteiger charge is 2.36. The lowest BCUT2D eigenvalue weighted by molar-refractivity contribution is -0.176. The van der Waals surface area contributed by atoms with E-state index >= 15 is 0 Å². The summed E-state index contributed by atoms with van der Waals surface area (Å²) in [6.07, 6.45) is 6.85. The van der Waals surface area contributed by atoms with Crippen molar-refractivity contribution in [2.75, 3.05) is 0 Å². The lowest BCUT2D eigenvalue weighted by Gasteiger charge is -2.24. The third-order valence-electron chi connectivity index (χ3n) is 2.62. The monoisotopic (exact) mass is 272 g/mol. The molecule has 108 valence electrons. The Hall–Kier alpha value is -1.66. The first-order valence-corrected chi connectivity index (χ1v) is 5.98. The van der Waals surface area contributed by atoms with E-state index in [2.05, 4.69) is 0 Å². The molecule has 1 aliphatic carbocycles. The first kappa shape index (κ1) is 17.3. The molecule has 2 unspecified atom stereocenters. The highest BCUT2D eigenvalue weighted by molar-refractivity contribution is 5.74. The van der Waals surface area contributed by atoms with Crippen LogP contribution in [0, 0.1) is 11.8 Å². The topological polar surface area (TPSA) is 115 Å². The maximum absolute atomic E-state index is 10.4. The van der Waals surface area contributed by atoms with Crippen molar-refractivity contribution < 1.29 is 30.0 Å². The molecular formula is C13H20O6. The van der Waals surface area contributed by atoms with Gasteiger partial charge in [-0.25, -0.2) is 0 Å². The van der Waals surface area contributed by atoms with Gasteiger partial charge in [0.15, 0.2) is 5.79 Å². The number of carboxylic acid groups (broad SMARTS) is 2. The number of carbonyl (C=O) groups is 2. The van der Waals surface area contributed by atoms with Gasteiger partial charge in [-0.3, -0.25) is 9.59 Å². The fourth-order valence-corrected chi connectivity index (χ4v) is 1.44. The molecule has 0 aromatic heterocycles. The molecule has 0 bridgehead atoms. The third kappa shape index (κ3) is 6.17. The van der Waals surface area contributed by atoms with E-state index in [9.17, 15) is 9.59 Å². The maximum atomic E-state index is 10.4. The van der Waals surface area contributed by atoms with Gasteiger partial charge in [-0.2, -0.15) is 0 Å². The Labute approximate surface area is 111 Å². The zero-order chi connectivity index (χ0) is 15.1. The molecule has 0 saturated heterocycles. The van der Waals surface area contributed by atoms with E-state index in [0.717, 1.165) is 18.9 Å². The molecule has 0 spiro atoms. The second kappa shape index (κ2) is 7.70. The van der Waals surface area contributed by atoms with Gasteiger partial charge in [0.25, 0.3) is 0 Å². The largest absolute Gasteiger partial charge is 0.481 e. The molecule has 0 amide bonds. The van der Waals surface area contributed by atoms with Crippen LogP contribution in [0.4, 0.5) is 0 Å². The van der Waals surface area contributed by atoms with Crippen LogP contribution < -0.4 is 0 Å². The van der Waals surface area contributed by atoms with Crippen LogP contribution in [0.25, 0.3) is 0 Å². The first-order valence-electron chi connectivity index (χ1n) is 5.98. The number of hydrogen-bond acceptors (Lipinski definition) is 4. The molecule has 1 rings (SSSR count). The van der Waals surface area contributed by atoms with Gasteiger partial charge < -0.3 is 20.4 Å². The number of hydrogen-bond donors (Lipinski definition) is 4. The average molecular weight is 272 g/mol. The van der Waals surface area contributed by atoms with Crippen molar-refractivity contribution in [1.29, 1.82) is 0 Å². The zero-order valence-electron chi connectivity index (χ0n) is 11.0. The summed E-state index contributed by atoms with van der Waals surface area (Å²) in [6, 6.07) is 0. The minimum Gasteiger partial charge on any atom is -0.481 e. The second-order valence-corrected chi connectivity index (χ2v) is 4.37. The maximum Gasteiger partial charge on any atom is 0.316 e. The van der Waals surface area contributed by atoms with Crippen LogP contribution in [0.2, 0.25) is 0 Å². The first-order chi connectivity index (χ1) is 8.72. The molecule has 0 aromatic carbocycles. The lowest BCUT2D eigenvalue weighted by Crippen LogP contribution is -2.40. The summed E-state index contributed by atoms with van der Waals surface area (Å²) < 4.78 is 0. The van der Waals surface area contributed by atoms with E-state index in [-0.39, 0.29) is 5.92 Å². The van der Waals surface area contributed by atoms with Crippen molar-refractivity contribution in [3.05, 3.63) is 24.3 Å². The number of carboxylic acids is 2. The van der Waals surface area contributed by atoms with Crippen LogP contribution in [0.5, 0.6) is 0 Å². The van der Waals surface area contributed by atoms with Crippen molar-refractivity contribution in [2.45, 2.75) is 32.5 Å². The minimum absolute atomic E-state index is 0.167. The number of allylic oxidation sites excluding steroid dienone is 2. The second-order valence-electron chi connectivity index (χ2n) is 4.37. The van der Waals surface area contributed by atoms with Crippen LogP contribution in [0.3, 0.4) is 0 Å². The zero-order valence-corrected chi connectivity index (χ0v) is 11.0. The van der Waals surface area contributed by atoms with Gasteiger partial charge in [0, 0.05) is 0 Å². The number of aliphatic hydroxyl groups is 2. The predicted molar refractivity (Wildman–Crippen MR) is 68.3 cm³/mol. The van der Waals surface area contributed by atoms with E-state index in [1.807, 2.05) is 6.92 Å². The Kier molecular flexibility index (Phi) is 7.03. The van der Waals surface area contributed by atoms with E-state index in [1.54, 1.807) is 6.92 Å². The van der Waals surface area contributed by atoms with E-state index in [0.29, 0.717) is 0 Å².